The smallest absolute Gasteiger partial charge is 0.124 e. The van der Waals surface area contributed by atoms with Crippen LogP contribution < -0.4 is 10.1 Å². The van der Waals surface area contributed by atoms with Crippen molar-refractivity contribution in [1.82, 2.24) is 0 Å². The molecule has 0 fully saturated rings. The molecule has 76 valence electrons. The number of rotatable bonds is 1. The molecule has 1 N–H and O–H groups in total. The van der Waals surface area contributed by atoms with Crippen molar-refractivity contribution >= 4 is 5.69 Å². The van der Waals surface area contributed by atoms with Crippen LogP contribution >= 0.6 is 0 Å². The molecule has 0 bridgehead atoms. The molecule has 1 heterocycles. The maximum atomic E-state index is 5.51. The van der Waals surface area contributed by atoms with Gasteiger partial charge in [-0.25, -0.2) is 0 Å². The number of anilines is 1. The minimum atomic E-state index is 0.109. The van der Waals surface area contributed by atoms with Gasteiger partial charge in [0.2, 0.25) is 0 Å². The summed E-state index contributed by atoms with van der Waals surface area (Å²) in [6.45, 7) is 7.32. The van der Waals surface area contributed by atoms with E-state index in [0.29, 0.717) is 0 Å². The third-order valence-corrected chi connectivity index (χ3v) is 2.25. The lowest BCUT2D eigenvalue weighted by molar-refractivity contribution is 0.357. The minimum absolute atomic E-state index is 0.109. The van der Waals surface area contributed by atoms with Crippen LogP contribution in [0.25, 0.3) is 0 Å². The summed E-state index contributed by atoms with van der Waals surface area (Å²) in [6, 6.07) is 6.20. The third kappa shape index (κ3) is 1.84. The monoisotopic (exact) mass is 191 g/mol. The van der Waals surface area contributed by atoms with Crippen LogP contribution in [0, 0.1) is 0 Å². The van der Waals surface area contributed by atoms with Crippen molar-refractivity contribution < 1.29 is 4.74 Å². The lowest BCUT2D eigenvalue weighted by Crippen LogP contribution is -2.26. The summed E-state index contributed by atoms with van der Waals surface area (Å²) in [5, 5.41) is 3.50. The van der Waals surface area contributed by atoms with Crippen molar-refractivity contribution in [1.29, 1.82) is 0 Å². The van der Waals surface area contributed by atoms with Gasteiger partial charge in [-0.2, -0.15) is 0 Å². The molecule has 0 saturated heterocycles. The Balaban J connectivity index is 2.31. The van der Waals surface area contributed by atoms with E-state index in [1.54, 1.807) is 0 Å². The Bertz CT molecular complexity index is 339. The average molecular weight is 191 g/mol. The van der Waals surface area contributed by atoms with E-state index in [0.717, 1.165) is 18.8 Å². The highest BCUT2D eigenvalue weighted by molar-refractivity contribution is 5.59. The Hall–Kier alpha value is -1.18. The van der Waals surface area contributed by atoms with Gasteiger partial charge in [0.15, 0.2) is 0 Å². The first-order valence-corrected chi connectivity index (χ1v) is 5.09. The second kappa shape index (κ2) is 3.19. The van der Waals surface area contributed by atoms with Crippen LogP contribution in [0.3, 0.4) is 0 Å². The lowest BCUT2D eigenvalue weighted by atomic mass is 10.1. The first kappa shape index (κ1) is 9.38. The van der Waals surface area contributed by atoms with Gasteiger partial charge in [0.25, 0.3) is 0 Å². The van der Waals surface area contributed by atoms with Gasteiger partial charge in [0.05, 0.1) is 6.61 Å². The molecule has 0 amide bonds. The largest absolute Gasteiger partial charge is 0.493 e. The quantitative estimate of drug-likeness (QED) is 0.737. The predicted molar refractivity (Wildman–Crippen MR) is 59.0 cm³/mol. The molecular formula is C12H17NO. The van der Waals surface area contributed by atoms with Crippen LogP contribution in [0.1, 0.15) is 26.3 Å². The second-order valence-electron chi connectivity index (χ2n) is 4.76. The highest BCUT2D eigenvalue weighted by Crippen LogP contribution is 2.32. The lowest BCUT2D eigenvalue weighted by Gasteiger charge is -2.23. The molecule has 1 aliphatic heterocycles. The van der Waals surface area contributed by atoms with Gasteiger partial charge in [0.1, 0.15) is 5.75 Å². The fourth-order valence-electron chi connectivity index (χ4n) is 1.74. The van der Waals surface area contributed by atoms with Gasteiger partial charge in [-0.1, -0.05) is 6.07 Å². The topological polar surface area (TPSA) is 21.3 Å². The molecule has 0 aliphatic carbocycles. The third-order valence-electron chi connectivity index (χ3n) is 2.25. The van der Waals surface area contributed by atoms with Gasteiger partial charge < -0.3 is 10.1 Å². The Morgan fingerprint density at radius 1 is 1.29 bits per heavy atom. The summed E-state index contributed by atoms with van der Waals surface area (Å²) in [7, 11) is 0. The molecular weight excluding hydrogens is 174 g/mol. The summed E-state index contributed by atoms with van der Waals surface area (Å²) in [5.41, 5.74) is 2.65. The minimum Gasteiger partial charge on any atom is -0.493 e. The normalized spacial score (nSPS) is 14.8. The SMILES string of the molecule is CC(C)(C)Nc1cccc2c1CCO2. The van der Waals surface area contributed by atoms with E-state index in [4.69, 9.17) is 4.74 Å². The highest BCUT2D eigenvalue weighted by Gasteiger charge is 2.18. The number of fused-ring (bicyclic) bond motifs is 1. The van der Waals surface area contributed by atoms with E-state index in [1.807, 2.05) is 12.1 Å². The van der Waals surface area contributed by atoms with Crippen LogP contribution in [-0.4, -0.2) is 12.1 Å². The van der Waals surface area contributed by atoms with E-state index in [-0.39, 0.29) is 5.54 Å². The molecule has 2 rings (SSSR count). The molecule has 0 unspecified atom stereocenters. The summed E-state index contributed by atoms with van der Waals surface area (Å²) in [5.74, 6) is 1.04. The number of hydrogen-bond acceptors (Lipinski definition) is 2. The predicted octanol–water partition coefficient (Wildman–Crippen LogP) is 2.83. The zero-order valence-corrected chi connectivity index (χ0v) is 9.05. The molecule has 0 spiro atoms. The average Bonchev–Trinajstić information content (AvgIpc) is 2.49. The van der Waals surface area contributed by atoms with E-state index in [9.17, 15) is 0 Å². The van der Waals surface area contributed by atoms with Crippen LogP contribution in [0.5, 0.6) is 5.75 Å². The standard InChI is InChI=1S/C12H17NO/c1-12(2,3)13-10-5-4-6-11-9(10)7-8-14-11/h4-6,13H,7-8H2,1-3H3. The molecule has 1 aromatic carbocycles. The Kier molecular flexibility index (Phi) is 2.14. The van der Waals surface area contributed by atoms with Crippen LogP contribution in [0.2, 0.25) is 0 Å². The first-order valence-electron chi connectivity index (χ1n) is 5.09. The summed E-state index contributed by atoms with van der Waals surface area (Å²) in [4.78, 5) is 0. The van der Waals surface area contributed by atoms with Crippen molar-refractivity contribution in [3.63, 3.8) is 0 Å². The Morgan fingerprint density at radius 2 is 2.07 bits per heavy atom. The zero-order chi connectivity index (χ0) is 10.2. The number of nitrogens with one attached hydrogen (secondary N) is 1. The van der Waals surface area contributed by atoms with Gasteiger partial charge in [-0.15, -0.1) is 0 Å². The fourth-order valence-corrected chi connectivity index (χ4v) is 1.74. The van der Waals surface area contributed by atoms with Crippen LogP contribution in [-0.2, 0) is 6.42 Å². The van der Waals surface area contributed by atoms with Gasteiger partial charge in [0, 0.05) is 23.2 Å². The van der Waals surface area contributed by atoms with E-state index in [1.165, 1.54) is 11.3 Å². The Labute approximate surface area is 85.3 Å². The molecule has 0 atom stereocenters. The molecule has 14 heavy (non-hydrogen) atoms. The zero-order valence-electron chi connectivity index (χ0n) is 9.05. The van der Waals surface area contributed by atoms with Crippen molar-refractivity contribution in [3.05, 3.63) is 23.8 Å². The molecule has 1 aliphatic rings. The van der Waals surface area contributed by atoms with Crippen molar-refractivity contribution in [2.45, 2.75) is 32.7 Å². The molecule has 2 heteroatoms. The van der Waals surface area contributed by atoms with E-state index >= 15 is 0 Å². The fraction of sp³-hybridized carbons (Fsp3) is 0.500. The van der Waals surface area contributed by atoms with Gasteiger partial charge in [-0.05, 0) is 32.9 Å². The van der Waals surface area contributed by atoms with Gasteiger partial charge in [-0.3, -0.25) is 0 Å². The van der Waals surface area contributed by atoms with E-state index < -0.39 is 0 Å². The number of hydrogen-bond donors (Lipinski definition) is 1. The molecule has 2 nitrogen and oxygen atoms in total. The molecule has 0 radical (unpaired) electrons. The Morgan fingerprint density at radius 3 is 2.79 bits per heavy atom. The summed E-state index contributed by atoms with van der Waals surface area (Å²) >= 11 is 0. The van der Waals surface area contributed by atoms with Crippen molar-refractivity contribution in [2.24, 2.45) is 0 Å². The number of ether oxygens (including phenoxy) is 1. The second-order valence-corrected chi connectivity index (χ2v) is 4.76. The maximum Gasteiger partial charge on any atom is 0.124 e. The highest BCUT2D eigenvalue weighted by atomic mass is 16.5. The van der Waals surface area contributed by atoms with E-state index in [2.05, 4.69) is 32.2 Å². The van der Waals surface area contributed by atoms with Crippen molar-refractivity contribution in [2.75, 3.05) is 11.9 Å². The molecule has 1 aromatic rings. The number of benzene rings is 1. The van der Waals surface area contributed by atoms with Crippen LogP contribution in [0.4, 0.5) is 5.69 Å². The summed E-state index contributed by atoms with van der Waals surface area (Å²) < 4.78 is 5.51. The first-order chi connectivity index (χ1) is 6.56. The molecule has 0 saturated carbocycles. The molecule has 0 aromatic heterocycles. The maximum absolute atomic E-state index is 5.51. The summed E-state index contributed by atoms with van der Waals surface area (Å²) in [6.07, 6.45) is 1.02. The van der Waals surface area contributed by atoms with Gasteiger partial charge >= 0.3 is 0 Å². The van der Waals surface area contributed by atoms with Crippen molar-refractivity contribution in [3.8, 4) is 5.75 Å². The van der Waals surface area contributed by atoms with Crippen LogP contribution in [0.15, 0.2) is 18.2 Å².